The number of aromatic nitrogens is 3. The molecule has 5 aromatic rings. The van der Waals surface area contributed by atoms with Crippen molar-refractivity contribution in [2.75, 3.05) is 6.61 Å². The average Bonchev–Trinajstić information content (AvgIpc) is 3.43. The maximum atomic E-state index is 13.1. The van der Waals surface area contributed by atoms with E-state index < -0.39 is 17.5 Å². The van der Waals surface area contributed by atoms with Gasteiger partial charge in [0, 0.05) is 42.3 Å². The van der Waals surface area contributed by atoms with Crippen molar-refractivity contribution >= 4 is 29.0 Å². The highest BCUT2D eigenvalue weighted by Crippen LogP contribution is 2.45. The number of aromatic amines is 1. The molecule has 0 spiro atoms. The molecule has 1 aliphatic rings. The van der Waals surface area contributed by atoms with Crippen LogP contribution in [0.25, 0.3) is 5.70 Å². The number of rotatable bonds is 10. The number of hydrogen-bond donors (Lipinski definition) is 3. The van der Waals surface area contributed by atoms with Crippen molar-refractivity contribution in [3.8, 4) is 23.1 Å². The van der Waals surface area contributed by atoms with E-state index in [1.165, 1.54) is 12.4 Å². The van der Waals surface area contributed by atoms with Gasteiger partial charge in [0.15, 0.2) is 5.60 Å². The Morgan fingerprint density at radius 3 is 2.24 bits per heavy atom. The van der Waals surface area contributed by atoms with Crippen molar-refractivity contribution in [2.24, 2.45) is 0 Å². The molecule has 0 saturated heterocycles. The van der Waals surface area contributed by atoms with Crippen LogP contribution >= 0.6 is 11.3 Å². The van der Waals surface area contributed by atoms with Crippen LogP contribution in [-0.4, -0.2) is 44.2 Å². The summed E-state index contributed by atoms with van der Waals surface area (Å²) in [6, 6.07) is 13.8. The van der Waals surface area contributed by atoms with E-state index in [-0.39, 0.29) is 22.9 Å². The number of fused-ring (bicyclic) bond motifs is 1. The molecular weight excluding hydrogens is 648 g/mol. The molecule has 4 heterocycles. The minimum Gasteiger partial charge on any atom is -0.494 e. The summed E-state index contributed by atoms with van der Waals surface area (Å²) in [4.78, 5) is 53.6. The van der Waals surface area contributed by atoms with E-state index in [4.69, 9.17) is 19.0 Å². The lowest BCUT2D eigenvalue weighted by atomic mass is 9.90. The minimum atomic E-state index is -1.05. The molecule has 13 heteroatoms. The van der Waals surface area contributed by atoms with Gasteiger partial charge in [-0.3, -0.25) is 19.7 Å². The van der Waals surface area contributed by atoms with Crippen LogP contribution in [-0.2, 0) is 11.3 Å². The smallest absolute Gasteiger partial charge is 0.364 e. The molecule has 1 unspecified atom stereocenters. The van der Waals surface area contributed by atoms with Gasteiger partial charge < -0.3 is 24.2 Å². The normalized spacial score (nSPS) is 15.0. The lowest BCUT2D eigenvalue weighted by Crippen LogP contribution is -2.41. The SMILES string of the molecule is Cc1c(C)c2c(c(C)c1OC(=O)c1cccnc1)C(NOC(=O)c1cccnc1)=CC(C)(COc1ccc(Cc3sc(=O)[nH]c3O)cc1)O2. The largest absolute Gasteiger partial charge is 0.494 e. The molecule has 0 radical (unpaired) electrons. The lowest BCUT2D eigenvalue weighted by molar-refractivity contribution is 0.0347. The second kappa shape index (κ2) is 13.6. The molecule has 6 rings (SSSR count). The molecule has 0 saturated carbocycles. The molecule has 0 amide bonds. The van der Waals surface area contributed by atoms with Crippen molar-refractivity contribution in [1.82, 2.24) is 20.4 Å². The lowest BCUT2D eigenvalue weighted by Gasteiger charge is -2.36. The zero-order valence-corrected chi connectivity index (χ0v) is 27.8. The van der Waals surface area contributed by atoms with Gasteiger partial charge in [-0.2, -0.15) is 0 Å². The summed E-state index contributed by atoms with van der Waals surface area (Å²) in [5.74, 6) is 0.0794. The van der Waals surface area contributed by atoms with Crippen molar-refractivity contribution in [2.45, 2.75) is 39.7 Å². The van der Waals surface area contributed by atoms with Gasteiger partial charge in [0.05, 0.1) is 21.7 Å². The molecule has 0 bridgehead atoms. The molecule has 1 atom stereocenters. The maximum absolute atomic E-state index is 13.1. The third kappa shape index (κ3) is 7.16. The van der Waals surface area contributed by atoms with Crippen LogP contribution < -0.4 is 24.6 Å². The predicted octanol–water partition coefficient (Wildman–Crippen LogP) is 5.60. The van der Waals surface area contributed by atoms with Crippen molar-refractivity contribution in [3.05, 3.63) is 133 Å². The molecule has 1 aliphatic heterocycles. The number of aromatic hydroxyl groups is 1. The van der Waals surface area contributed by atoms with E-state index in [2.05, 4.69) is 20.4 Å². The molecule has 2 aromatic carbocycles. The number of carbonyl (C=O) groups is 2. The van der Waals surface area contributed by atoms with E-state index in [0.29, 0.717) is 62.1 Å². The Kier molecular flexibility index (Phi) is 9.18. The third-order valence-electron chi connectivity index (χ3n) is 8.00. The summed E-state index contributed by atoms with van der Waals surface area (Å²) in [5, 5.41) is 9.93. The van der Waals surface area contributed by atoms with Crippen LogP contribution in [0.3, 0.4) is 0 Å². The first kappa shape index (κ1) is 33.0. The summed E-state index contributed by atoms with van der Waals surface area (Å²) in [5.41, 5.74) is 6.16. The van der Waals surface area contributed by atoms with Gasteiger partial charge in [0.1, 0.15) is 23.9 Å². The van der Waals surface area contributed by atoms with E-state index in [0.717, 1.165) is 16.9 Å². The van der Waals surface area contributed by atoms with E-state index in [9.17, 15) is 19.5 Å². The Bertz CT molecular complexity index is 2110. The maximum Gasteiger partial charge on any atom is 0.364 e. The Morgan fingerprint density at radius 1 is 0.959 bits per heavy atom. The van der Waals surface area contributed by atoms with Crippen LogP contribution in [0.4, 0.5) is 0 Å². The fourth-order valence-electron chi connectivity index (χ4n) is 5.36. The van der Waals surface area contributed by atoms with Gasteiger partial charge in [-0.05, 0) is 86.9 Å². The molecule has 12 nitrogen and oxygen atoms in total. The fourth-order valence-corrected chi connectivity index (χ4v) is 6.11. The number of hydroxylamine groups is 1. The number of ether oxygens (including phenoxy) is 3. The highest BCUT2D eigenvalue weighted by molar-refractivity contribution is 7.09. The van der Waals surface area contributed by atoms with Gasteiger partial charge in [-0.1, -0.05) is 23.5 Å². The number of hydrogen-bond acceptors (Lipinski definition) is 12. The third-order valence-corrected chi connectivity index (χ3v) is 8.87. The van der Waals surface area contributed by atoms with Crippen molar-refractivity contribution in [3.63, 3.8) is 0 Å². The van der Waals surface area contributed by atoms with Gasteiger partial charge in [-0.15, -0.1) is 0 Å². The summed E-state index contributed by atoms with van der Waals surface area (Å²) in [6.07, 6.45) is 8.10. The van der Waals surface area contributed by atoms with Crippen molar-refractivity contribution < 1.29 is 33.7 Å². The van der Waals surface area contributed by atoms with Crippen LogP contribution in [0.2, 0.25) is 0 Å². The molecule has 0 aliphatic carbocycles. The highest BCUT2D eigenvalue weighted by atomic mass is 32.1. The molecule has 250 valence electrons. The highest BCUT2D eigenvalue weighted by Gasteiger charge is 2.37. The monoisotopic (exact) mass is 680 g/mol. The van der Waals surface area contributed by atoms with Crippen LogP contribution in [0.15, 0.2) is 84.2 Å². The summed E-state index contributed by atoms with van der Waals surface area (Å²) in [7, 11) is 0. The average molecular weight is 681 g/mol. The molecule has 3 N–H and O–H groups in total. The minimum absolute atomic E-state index is 0.0724. The van der Waals surface area contributed by atoms with Gasteiger partial charge in [0.25, 0.3) is 0 Å². The predicted molar refractivity (Wildman–Crippen MR) is 181 cm³/mol. The number of pyridine rings is 2. The first-order valence-corrected chi connectivity index (χ1v) is 16.0. The summed E-state index contributed by atoms with van der Waals surface area (Å²) < 4.78 is 18.7. The number of benzene rings is 2. The standard InChI is InChI=1S/C36H32N4O8S/c1-20-21(2)31-29(22(3)30(20)46-33(42)24-7-5-13-37-17-24)27(40-48-34(43)25-8-6-14-38-18-25)16-36(4,47-31)19-45-26-11-9-23(10-12-26)15-28-32(41)39-35(44)49-28/h5-14,16-18,40-41H,15,19H2,1-4H3,(H,39,44). The van der Waals surface area contributed by atoms with E-state index in [1.54, 1.807) is 61.8 Å². The Labute approximate surface area is 285 Å². The molecule has 0 fully saturated rings. The topological polar surface area (TPSA) is 162 Å². The second-order valence-corrected chi connectivity index (χ2v) is 12.7. The molecular formula is C36H32N4O8S. The molecule has 49 heavy (non-hydrogen) atoms. The summed E-state index contributed by atoms with van der Waals surface area (Å²) >= 11 is 0.964. The number of thiazole rings is 1. The number of H-pyrrole nitrogens is 1. The van der Waals surface area contributed by atoms with Gasteiger partial charge in [-0.25, -0.2) is 15.1 Å². The Hall–Kier alpha value is -5.95. The summed E-state index contributed by atoms with van der Waals surface area (Å²) in [6.45, 7) is 7.41. The Morgan fingerprint density at radius 2 is 1.63 bits per heavy atom. The van der Waals surface area contributed by atoms with Gasteiger partial charge in [0.2, 0.25) is 5.88 Å². The first-order valence-electron chi connectivity index (χ1n) is 15.2. The quantitative estimate of drug-likeness (QED) is 0.0957. The van der Waals surface area contributed by atoms with Crippen molar-refractivity contribution in [1.29, 1.82) is 0 Å². The van der Waals surface area contributed by atoms with E-state index >= 15 is 0 Å². The van der Waals surface area contributed by atoms with Crippen LogP contribution in [0.1, 0.15) is 60.3 Å². The zero-order valence-electron chi connectivity index (χ0n) is 27.0. The van der Waals surface area contributed by atoms with Gasteiger partial charge >= 0.3 is 16.8 Å². The number of carbonyl (C=O) groups excluding carboxylic acids is 2. The number of nitrogens with zero attached hydrogens (tertiary/aromatic N) is 2. The number of nitrogens with one attached hydrogen (secondary N) is 2. The fraction of sp³-hybridized carbons (Fsp3) is 0.194. The zero-order chi connectivity index (χ0) is 34.7. The van der Waals surface area contributed by atoms with Crippen LogP contribution in [0, 0.1) is 20.8 Å². The second-order valence-electron chi connectivity index (χ2n) is 11.6. The first-order chi connectivity index (χ1) is 23.5. The molecule has 3 aromatic heterocycles. The number of esters is 1. The van der Waals surface area contributed by atoms with Crippen LogP contribution in [0.5, 0.6) is 23.1 Å². The van der Waals surface area contributed by atoms with E-state index in [1.807, 2.05) is 32.9 Å². The Balaban J connectivity index is 1.28.